The topological polar surface area (TPSA) is 87.7 Å². The number of carbonyl (C=O) groups is 3. The van der Waals surface area contributed by atoms with E-state index in [-0.39, 0.29) is 24.3 Å². The normalized spacial score (nSPS) is 14.0. The molecule has 2 N–H and O–H groups in total. The first-order chi connectivity index (χ1) is 13.2. The Morgan fingerprint density at radius 3 is 2.39 bits per heavy atom. The van der Waals surface area contributed by atoms with Gasteiger partial charge in [0.2, 0.25) is 5.91 Å². The van der Waals surface area contributed by atoms with E-state index in [9.17, 15) is 27.6 Å². The number of carbonyl (C=O) groups excluding carboxylic acids is 3. The molecular formula is C18H14F3N3O4. The monoisotopic (exact) mass is 393 g/mol. The predicted molar refractivity (Wildman–Crippen MR) is 91.5 cm³/mol. The number of hydrogen-bond acceptors (Lipinski definition) is 4. The molecule has 0 aromatic heterocycles. The molecule has 1 saturated heterocycles. The summed E-state index contributed by atoms with van der Waals surface area (Å²) in [6.07, 6.45) is -4.80. The highest BCUT2D eigenvalue weighted by Gasteiger charge is 2.31. The molecular weight excluding hydrogens is 379 g/mol. The van der Waals surface area contributed by atoms with Crippen molar-refractivity contribution in [2.45, 2.75) is 12.9 Å². The highest BCUT2D eigenvalue weighted by Crippen LogP contribution is 2.24. The number of ether oxygens (including phenoxy) is 1. The molecule has 1 aliphatic rings. The molecule has 4 amide bonds. The van der Waals surface area contributed by atoms with Gasteiger partial charge in [-0.15, -0.1) is 13.2 Å². The molecule has 1 fully saturated rings. The van der Waals surface area contributed by atoms with Gasteiger partial charge in [0.05, 0.1) is 13.1 Å². The zero-order valence-electron chi connectivity index (χ0n) is 14.2. The van der Waals surface area contributed by atoms with Crippen LogP contribution in [0.4, 0.5) is 23.7 Å². The number of alkyl halides is 3. The lowest BCUT2D eigenvalue weighted by Crippen LogP contribution is -2.31. The summed E-state index contributed by atoms with van der Waals surface area (Å²) in [6, 6.07) is 10.5. The fourth-order valence-corrected chi connectivity index (χ4v) is 2.60. The van der Waals surface area contributed by atoms with E-state index in [2.05, 4.69) is 15.4 Å². The van der Waals surface area contributed by atoms with Crippen molar-refractivity contribution in [3.8, 4) is 5.75 Å². The predicted octanol–water partition coefficient (Wildman–Crippen LogP) is 2.89. The summed E-state index contributed by atoms with van der Waals surface area (Å²) in [5.41, 5.74) is 0.928. The lowest BCUT2D eigenvalue weighted by atomic mass is 10.1. The summed E-state index contributed by atoms with van der Waals surface area (Å²) in [7, 11) is 0. The van der Waals surface area contributed by atoms with Gasteiger partial charge in [-0.25, -0.2) is 4.79 Å². The first kappa shape index (κ1) is 19.2. The maximum atomic E-state index is 12.6. The van der Waals surface area contributed by atoms with Crippen LogP contribution in [0.1, 0.15) is 15.9 Å². The lowest BCUT2D eigenvalue weighted by Gasteiger charge is -2.15. The Labute approximate surface area is 157 Å². The number of hydrogen-bond donors (Lipinski definition) is 2. The second-order valence-corrected chi connectivity index (χ2v) is 5.82. The van der Waals surface area contributed by atoms with Gasteiger partial charge in [-0.3, -0.25) is 14.5 Å². The van der Waals surface area contributed by atoms with Crippen molar-refractivity contribution < 1.29 is 32.3 Å². The first-order valence-electron chi connectivity index (χ1n) is 8.06. The van der Waals surface area contributed by atoms with Gasteiger partial charge in [0.1, 0.15) is 5.75 Å². The molecule has 0 radical (unpaired) electrons. The van der Waals surface area contributed by atoms with Crippen LogP contribution in [0.5, 0.6) is 5.75 Å². The van der Waals surface area contributed by atoms with Crippen molar-refractivity contribution in [3.63, 3.8) is 0 Å². The lowest BCUT2D eigenvalue weighted by molar-refractivity contribution is -0.274. The SMILES string of the molecule is O=C(Nc1ccc(OC(F)(F)F)cc1)c1ccccc1CN1C(=O)CNC1=O. The molecule has 3 rings (SSSR count). The van der Waals surface area contributed by atoms with Crippen molar-refractivity contribution in [1.29, 1.82) is 0 Å². The highest BCUT2D eigenvalue weighted by molar-refractivity contribution is 6.06. The van der Waals surface area contributed by atoms with Crippen molar-refractivity contribution >= 4 is 23.5 Å². The molecule has 146 valence electrons. The van der Waals surface area contributed by atoms with E-state index in [1.807, 2.05) is 0 Å². The molecule has 2 aromatic carbocycles. The number of nitrogens with zero attached hydrogens (tertiary/aromatic N) is 1. The Bertz CT molecular complexity index is 897. The summed E-state index contributed by atoms with van der Waals surface area (Å²) in [5.74, 6) is -1.35. The molecule has 2 aromatic rings. The van der Waals surface area contributed by atoms with E-state index in [0.29, 0.717) is 5.56 Å². The highest BCUT2D eigenvalue weighted by atomic mass is 19.4. The number of amides is 4. The number of urea groups is 1. The smallest absolute Gasteiger partial charge is 0.406 e. The van der Waals surface area contributed by atoms with Crippen LogP contribution in [0.25, 0.3) is 0 Å². The molecule has 1 heterocycles. The minimum absolute atomic E-state index is 0.0768. The number of imide groups is 1. The minimum Gasteiger partial charge on any atom is -0.406 e. The molecule has 0 saturated carbocycles. The van der Waals surface area contributed by atoms with E-state index in [1.165, 1.54) is 18.2 Å². The van der Waals surface area contributed by atoms with Gasteiger partial charge in [0.25, 0.3) is 5.91 Å². The van der Waals surface area contributed by atoms with Crippen molar-refractivity contribution in [2.24, 2.45) is 0 Å². The van der Waals surface area contributed by atoms with Crippen LogP contribution in [-0.4, -0.2) is 35.7 Å². The van der Waals surface area contributed by atoms with Gasteiger partial charge in [0, 0.05) is 11.3 Å². The average molecular weight is 393 g/mol. The third-order valence-corrected chi connectivity index (χ3v) is 3.87. The Hall–Kier alpha value is -3.56. The van der Waals surface area contributed by atoms with Crippen LogP contribution in [0.2, 0.25) is 0 Å². The van der Waals surface area contributed by atoms with Crippen molar-refractivity contribution in [2.75, 3.05) is 11.9 Å². The Morgan fingerprint density at radius 2 is 1.79 bits per heavy atom. The second kappa shape index (κ2) is 7.59. The summed E-state index contributed by atoms with van der Waals surface area (Å²) >= 11 is 0. The van der Waals surface area contributed by atoms with Gasteiger partial charge < -0.3 is 15.4 Å². The van der Waals surface area contributed by atoms with Gasteiger partial charge >= 0.3 is 12.4 Å². The first-order valence-corrected chi connectivity index (χ1v) is 8.06. The van der Waals surface area contributed by atoms with Gasteiger partial charge in [-0.2, -0.15) is 0 Å². The number of rotatable bonds is 5. The number of halogens is 3. The standard InChI is InChI=1S/C18H14F3N3O4/c19-18(20,21)28-13-7-5-12(6-8-13)23-16(26)14-4-2-1-3-11(14)10-24-15(25)9-22-17(24)27/h1-8H,9-10H2,(H,22,27)(H,23,26). The Morgan fingerprint density at radius 1 is 1.11 bits per heavy atom. The third kappa shape index (κ3) is 4.58. The zero-order chi connectivity index (χ0) is 20.3. The van der Waals surface area contributed by atoms with E-state index >= 15 is 0 Å². The molecule has 0 bridgehead atoms. The van der Waals surface area contributed by atoms with Crippen LogP contribution in [0, 0.1) is 0 Å². The number of nitrogens with one attached hydrogen (secondary N) is 2. The van der Waals surface area contributed by atoms with Gasteiger partial charge in [-0.05, 0) is 35.9 Å². The number of benzene rings is 2. The average Bonchev–Trinajstić information content (AvgIpc) is 2.94. The van der Waals surface area contributed by atoms with Crippen LogP contribution >= 0.6 is 0 Å². The van der Waals surface area contributed by atoms with Crippen LogP contribution in [-0.2, 0) is 11.3 Å². The zero-order valence-corrected chi connectivity index (χ0v) is 14.2. The maximum Gasteiger partial charge on any atom is 0.573 e. The number of anilines is 1. The van der Waals surface area contributed by atoms with Gasteiger partial charge in [-0.1, -0.05) is 18.2 Å². The maximum absolute atomic E-state index is 12.6. The van der Waals surface area contributed by atoms with E-state index < -0.39 is 30.0 Å². The molecule has 0 aliphatic carbocycles. The Balaban J connectivity index is 1.73. The molecule has 10 heteroatoms. The van der Waals surface area contributed by atoms with Crippen molar-refractivity contribution in [1.82, 2.24) is 10.2 Å². The largest absolute Gasteiger partial charge is 0.573 e. The summed E-state index contributed by atoms with van der Waals surface area (Å²) in [4.78, 5) is 37.0. The molecule has 1 aliphatic heterocycles. The quantitative estimate of drug-likeness (QED) is 0.765. The molecule has 28 heavy (non-hydrogen) atoms. The summed E-state index contributed by atoms with van der Waals surface area (Å²) in [6.45, 7) is -0.174. The molecule has 7 nitrogen and oxygen atoms in total. The second-order valence-electron chi connectivity index (χ2n) is 5.82. The van der Waals surface area contributed by atoms with Crippen LogP contribution < -0.4 is 15.4 Å². The van der Waals surface area contributed by atoms with Crippen LogP contribution in [0.15, 0.2) is 48.5 Å². The van der Waals surface area contributed by atoms with Gasteiger partial charge in [0.15, 0.2) is 0 Å². The van der Waals surface area contributed by atoms with E-state index in [0.717, 1.165) is 17.0 Å². The van der Waals surface area contributed by atoms with E-state index in [4.69, 9.17) is 0 Å². The van der Waals surface area contributed by atoms with Crippen LogP contribution in [0.3, 0.4) is 0 Å². The Kier molecular flexibility index (Phi) is 5.21. The summed E-state index contributed by atoms with van der Waals surface area (Å²) in [5, 5.41) is 4.95. The molecule has 0 atom stereocenters. The fraction of sp³-hybridized carbons (Fsp3) is 0.167. The third-order valence-electron chi connectivity index (χ3n) is 3.87. The molecule has 0 unspecified atom stereocenters. The minimum atomic E-state index is -4.80. The fourth-order valence-electron chi connectivity index (χ4n) is 2.60. The molecule has 0 spiro atoms. The summed E-state index contributed by atoms with van der Waals surface area (Å²) < 4.78 is 40.3. The van der Waals surface area contributed by atoms with Crippen molar-refractivity contribution in [3.05, 3.63) is 59.7 Å². The van der Waals surface area contributed by atoms with E-state index in [1.54, 1.807) is 18.2 Å².